The number of aliphatic hydroxyl groups is 1. The van der Waals surface area contributed by atoms with Crippen LogP contribution in [-0.4, -0.2) is 42.7 Å². The van der Waals surface area contributed by atoms with Crippen molar-refractivity contribution in [1.29, 1.82) is 0 Å². The summed E-state index contributed by atoms with van der Waals surface area (Å²) in [5, 5.41) is 21.2. The van der Waals surface area contributed by atoms with Crippen molar-refractivity contribution in [3.63, 3.8) is 0 Å². The summed E-state index contributed by atoms with van der Waals surface area (Å²) >= 11 is 0. The van der Waals surface area contributed by atoms with Crippen LogP contribution in [0.4, 0.5) is 0 Å². The lowest BCUT2D eigenvalue weighted by atomic mass is 10.0. The highest BCUT2D eigenvalue weighted by Gasteiger charge is 2.28. The van der Waals surface area contributed by atoms with Gasteiger partial charge in [0.25, 0.3) is 0 Å². The molecule has 4 N–H and O–H groups in total. The minimum Gasteiger partial charge on any atom is -0.390 e. The third kappa shape index (κ3) is 5.89. The molecule has 3 aromatic heterocycles. The molecule has 0 spiro atoms. The van der Waals surface area contributed by atoms with Gasteiger partial charge in [0.05, 0.1) is 31.1 Å². The van der Waals surface area contributed by atoms with Gasteiger partial charge >= 0.3 is 0 Å². The van der Waals surface area contributed by atoms with Gasteiger partial charge in [0.1, 0.15) is 6.04 Å². The summed E-state index contributed by atoms with van der Waals surface area (Å²) in [7, 11) is 0. The maximum atomic E-state index is 12.7. The first-order chi connectivity index (χ1) is 16.4. The van der Waals surface area contributed by atoms with Crippen molar-refractivity contribution in [1.82, 2.24) is 24.9 Å². The van der Waals surface area contributed by atoms with Crippen molar-refractivity contribution in [3.8, 4) is 11.1 Å². The summed E-state index contributed by atoms with van der Waals surface area (Å²) in [6.07, 6.45) is 3.54. The van der Waals surface area contributed by atoms with Gasteiger partial charge in [-0.2, -0.15) is 0 Å². The lowest BCUT2D eigenvalue weighted by molar-refractivity contribution is -0.126. The SMILES string of the molecule is C.CC(C)(N)C(=O)N[C@H](COCc1ccccc1-c1cccnc1)c1nnc2cccc(CO)n12. The lowest BCUT2D eigenvalue weighted by Crippen LogP contribution is -2.51. The first kappa shape index (κ1) is 26.0. The van der Waals surface area contributed by atoms with Crippen molar-refractivity contribution >= 4 is 11.6 Å². The molecule has 9 heteroatoms. The highest BCUT2D eigenvalue weighted by atomic mass is 16.5. The van der Waals surface area contributed by atoms with Crippen LogP contribution in [-0.2, 0) is 22.7 Å². The van der Waals surface area contributed by atoms with Crippen LogP contribution in [0.15, 0.2) is 67.0 Å². The Bertz CT molecular complexity index is 1270. The van der Waals surface area contributed by atoms with Crippen LogP contribution in [0.2, 0.25) is 0 Å². The molecule has 0 bridgehead atoms. The molecule has 0 fully saturated rings. The monoisotopic (exact) mass is 476 g/mol. The second-order valence-electron chi connectivity index (χ2n) is 8.59. The number of rotatable bonds is 9. The molecule has 0 aliphatic rings. The zero-order valence-electron chi connectivity index (χ0n) is 19.2. The van der Waals surface area contributed by atoms with E-state index in [0.29, 0.717) is 23.8 Å². The van der Waals surface area contributed by atoms with Crippen molar-refractivity contribution in [2.45, 2.75) is 46.1 Å². The van der Waals surface area contributed by atoms with E-state index in [1.807, 2.05) is 42.6 Å². The molecule has 184 valence electrons. The minimum atomic E-state index is -1.09. The fourth-order valence-corrected chi connectivity index (χ4v) is 3.64. The maximum Gasteiger partial charge on any atom is 0.240 e. The van der Waals surface area contributed by atoms with E-state index < -0.39 is 11.6 Å². The van der Waals surface area contributed by atoms with E-state index in [1.165, 1.54) is 0 Å². The van der Waals surface area contributed by atoms with Gasteiger partial charge in [0, 0.05) is 18.0 Å². The third-order valence-corrected chi connectivity index (χ3v) is 5.43. The molecule has 0 saturated heterocycles. The van der Waals surface area contributed by atoms with Gasteiger partial charge in [0.15, 0.2) is 11.5 Å². The third-order valence-electron chi connectivity index (χ3n) is 5.43. The summed E-state index contributed by atoms with van der Waals surface area (Å²) in [5.74, 6) is 0.105. The molecule has 4 rings (SSSR count). The molecule has 1 aromatic carbocycles. The zero-order valence-corrected chi connectivity index (χ0v) is 19.2. The number of ether oxygens (including phenoxy) is 1. The summed E-state index contributed by atoms with van der Waals surface area (Å²) in [5.41, 5.74) is 9.09. The van der Waals surface area contributed by atoms with Gasteiger partial charge in [-0.25, -0.2) is 0 Å². The Balaban J connectivity index is 0.00000342. The number of carbonyl (C=O) groups excluding carboxylic acids is 1. The van der Waals surface area contributed by atoms with Crippen LogP contribution in [0.25, 0.3) is 16.8 Å². The molecule has 0 unspecified atom stereocenters. The van der Waals surface area contributed by atoms with Crippen molar-refractivity contribution in [3.05, 3.63) is 84.1 Å². The van der Waals surface area contributed by atoms with E-state index in [-0.39, 0.29) is 26.5 Å². The quantitative estimate of drug-likeness (QED) is 0.339. The first-order valence-corrected chi connectivity index (χ1v) is 11.0. The van der Waals surface area contributed by atoms with Crippen molar-refractivity contribution < 1.29 is 14.6 Å². The molecule has 1 amide bonds. The molecule has 35 heavy (non-hydrogen) atoms. The van der Waals surface area contributed by atoms with Crippen LogP contribution in [0.3, 0.4) is 0 Å². The van der Waals surface area contributed by atoms with Gasteiger partial charge in [-0.15, -0.1) is 10.2 Å². The van der Waals surface area contributed by atoms with Crippen LogP contribution in [0.5, 0.6) is 0 Å². The summed E-state index contributed by atoms with van der Waals surface area (Å²) in [6, 6.07) is 16.5. The number of pyridine rings is 2. The number of hydrogen-bond acceptors (Lipinski definition) is 7. The number of carbonyl (C=O) groups is 1. The van der Waals surface area contributed by atoms with Gasteiger partial charge in [0.2, 0.25) is 5.91 Å². The Morgan fingerprint density at radius 2 is 1.94 bits per heavy atom. The number of hydrogen-bond donors (Lipinski definition) is 3. The van der Waals surface area contributed by atoms with Crippen LogP contribution >= 0.6 is 0 Å². The van der Waals surface area contributed by atoms with Crippen LogP contribution < -0.4 is 11.1 Å². The number of amides is 1. The topological polar surface area (TPSA) is 128 Å². The van der Waals surface area contributed by atoms with Crippen LogP contribution in [0, 0.1) is 0 Å². The molecule has 4 aromatic rings. The molecule has 3 heterocycles. The zero-order chi connectivity index (χ0) is 24.1. The van der Waals surface area contributed by atoms with Gasteiger partial charge in [-0.05, 0) is 43.2 Å². The predicted octanol–water partition coefficient (Wildman–Crippen LogP) is 3.03. The number of benzene rings is 1. The number of nitrogens with zero attached hydrogens (tertiary/aromatic N) is 4. The predicted molar refractivity (Wildman–Crippen MR) is 134 cm³/mol. The standard InChI is InChI=1S/C25H28N6O3.CH4/c1-25(2,26)24(33)28-21(23-30-29-22-11-5-9-19(14-32)31(22)23)16-34-15-18-7-3-4-10-20(18)17-8-6-12-27-13-17;/h3-13,21,32H,14-16,26H2,1-2H3,(H,28,33);1H4/t21-;/m1./s1. The average Bonchev–Trinajstić information content (AvgIpc) is 3.28. The largest absolute Gasteiger partial charge is 0.390 e. The van der Waals surface area contributed by atoms with Gasteiger partial charge in [-0.1, -0.05) is 43.8 Å². The molecular weight excluding hydrogens is 444 g/mol. The van der Waals surface area contributed by atoms with E-state index in [0.717, 1.165) is 16.7 Å². The Labute approximate surface area is 205 Å². The minimum absolute atomic E-state index is 0. The summed E-state index contributed by atoms with van der Waals surface area (Å²) < 4.78 is 7.81. The molecule has 0 aliphatic heterocycles. The Kier molecular flexibility index (Phi) is 8.29. The Morgan fingerprint density at radius 3 is 2.66 bits per heavy atom. The second-order valence-corrected chi connectivity index (χ2v) is 8.59. The summed E-state index contributed by atoms with van der Waals surface area (Å²) in [6.45, 7) is 3.50. The molecule has 9 nitrogen and oxygen atoms in total. The summed E-state index contributed by atoms with van der Waals surface area (Å²) in [4.78, 5) is 16.9. The molecular formula is C26H32N6O3. The maximum absolute atomic E-state index is 12.7. The molecule has 0 aliphatic carbocycles. The number of aliphatic hydroxyl groups excluding tert-OH is 1. The fraction of sp³-hybridized carbons (Fsp3) is 0.308. The van der Waals surface area contributed by atoms with E-state index >= 15 is 0 Å². The van der Waals surface area contributed by atoms with E-state index in [4.69, 9.17) is 10.5 Å². The fourth-order valence-electron chi connectivity index (χ4n) is 3.64. The van der Waals surface area contributed by atoms with Crippen molar-refractivity contribution in [2.75, 3.05) is 6.61 Å². The normalized spacial score (nSPS) is 12.2. The second kappa shape index (κ2) is 11.2. The van der Waals surface area contributed by atoms with E-state index in [1.54, 1.807) is 42.6 Å². The smallest absolute Gasteiger partial charge is 0.240 e. The highest BCUT2D eigenvalue weighted by molar-refractivity contribution is 5.85. The van der Waals surface area contributed by atoms with Crippen molar-refractivity contribution in [2.24, 2.45) is 5.73 Å². The van der Waals surface area contributed by atoms with E-state index in [2.05, 4.69) is 20.5 Å². The van der Waals surface area contributed by atoms with Gasteiger partial charge < -0.3 is 20.9 Å². The number of fused-ring (bicyclic) bond motifs is 1. The average molecular weight is 477 g/mol. The number of nitrogens with one attached hydrogen (secondary N) is 1. The first-order valence-electron chi connectivity index (χ1n) is 11.0. The molecule has 0 radical (unpaired) electrons. The van der Waals surface area contributed by atoms with E-state index in [9.17, 15) is 9.90 Å². The lowest BCUT2D eigenvalue weighted by Gasteiger charge is -2.24. The van der Waals surface area contributed by atoms with Gasteiger partial charge in [-0.3, -0.25) is 14.2 Å². The number of nitrogens with two attached hydrogens (primary N) is 1. The number of aromatic nitrogens is 4. The van der Waals surface area contributed by atoms with Crippen LogP contribution in [0.1, 0.15) is 44.4 Å². The Hall–Kier alpha value is -3.66. The highest BCUT2D eigenvalue weighted by Crippen LogP contribution is 2.24. The molecule has 0 saturated carbocycles. The molecule has 1 atom stereocenters. The Morgan fingerprint density at radius 1 is 1.14 bits per heavy atom.